The molecule has 0 saturated carbocycles. The Kier molecular flexibility index (Phi) is 4.84. The zero-order valence-corrected chi connectivity index (χ0v) is 11.7. The highest BCUT2D eigenvalue weighted by atomic mass is 16.5. The molecule has 2 rings (SSSR count). The van der Waals surface area contributed by atoms with Crippen molar-refractivity contribution < 1.29 is 19.7 Å². The number of hydrogen-bond donors (Lipinski definition) is 2. The number of carboxylic acid groups (broad SMARTS) is 1. The van der Waals surface area contributed by atoms with Crippen LogP contribution in [0.15, 0.2) is 18.2 Å². The number of aliphatic carboxylic acids is 1. The Morgan fingerprint density at radius 1 is 1.40 bits per heavy atom. The summed E-state index contributed by atoms with van der Waals surface area (Å²) in [7, 11) is 0. The quantitative estimate of drug-likeness (QED) is 0.863. The van der Waals surface area contributed by atoms with Crippen LogP contribution in [0.25, 0.3) is 0 Å². The van der Waals surface area contributed by atoms with Gasteiger partial charge >= 0.3 is 5.97 Å². The molecule has 1 heterocycles. The first-order valence-electron chi connectivity index (χ1n) is 7.00. The molecule has 0 unspecified atom stereocenters. The third kappa shape index (κ3) is 3.63. The smallest absolute Gasteiger partial charge is 0.306 e. The number of rotatable bonds is 5. The minimum absolute atomic E-state index is 0.153. The van der Waals surface area contributed by atoms with Gasteiger partial charge in [0, 0.05) is 6.54 Å². The van der Waals surface area contributed by atoms with E-state index < -0.39 is 5.97 Å². The van der Waals surface area contributed by atoms with E-state index in [4.69, 9.17) is 9.84 Å². The van der Waals surface area contributed by atoms with Gasteiger partial charge in [-0.15, -0.1) is 0 Å². The molecule has 0 aliphatic carbocycles. The van der Waals surface area contributed by atoms with Crippen LogP contribution in [0.5, 0.6) is 11.5 Å². The molecule has 2 N–H and O–H groups in total. The van der Waals surface area contributed by atoms with Crippen molar-refractivity contribution in [1.29, 1.82) is 0 Å². The number of ether oxygens (including phenoxy) is 1. The van der Waals surface area contributed by atoms with Gasteiger partial charge in [0.2, 0.25) is 0 Å². The molecule has 1 fully saturated rings. The van der Waals surface area contributed by atoms with Gasteiger partial charge in [-0.3, -0.25) is 9.69 Å². The maximum absolute atomic E-state index is 10.9. The van der Waals surface area contributed by atoms with Crippen molar-refractivity contribution in [3.8, 4) is 11.5 Å². The molecule has 1 aliphatic heterocycles. The highest BCUT2D eigenvalue weighted by molar-refractivity contribution is 5.70. The van der Waals surface area contributed by atoms with Gasteiger partial charge < -0.3 is 14.9 Å². The summed E-state index contributed by atoms with van der Waals surface area (Å²) in [5.74, 6) is -0.233. The Hall–Kier alpha value is -1.75. The number of nitrogens with zero attached hydrogens (tertiary/aromatic N) is 1. The fourth-order valence-corrected chi connectivity index (χ4v) is 2.52. The van der Waals surface area contributed by atoms with Gasteiger partial charge in [-0.2, -0.15) is 0 Å². The van der Waals surface area contributed by atoms with Crippen LogP contribution < -0.4 is 4.74 Å². The molecule has 1 aromatic carbocycles. The van der Waals surface area contributed by atoms with E-state index in [9.17, 15) is 9.90 Å². The number of likely N-dealkylation sites (tertiary alicyclic amines) is 1. The topological polar surface area (TPSA) is 70.0 Å². The van der Waals surface area contributed by atoms with Crippen molar-refractivity contribution in [2.24, 2.45) is 5.92 Å². The number of hydrogen-bond acceptors (Lipinski definition) is 4. The van der Waals surface area contributed by atoms with E-state index >= 15 is 0 Å². The second-order valence-corrected chi connectivity index (χ2v) is 5.12. The van der Waals surface area contributed by atoms with Gasteiger partial charge in [-0.25, -0.2) is 0 Å². The number of carbonyl (C=O) groups is 1. The summed E-state index contributed by atoms with van der Waals surface area (Å²) >= 11 is 0. The fourth-order valence-electron chi connectivity index (χ4n) is 2.52. The lowest BCUT2D eigenvalue weighted by Crippen LogP contribution is -2.35. The Balaban J connectivity index is 1.94. The molecule has 110 valence electrons. The van der Waals surface area contributed by atoms with E-state index in [0.717, 1.165) is 25.2 Å². The zero-order valence-electron chi connectivity index (χ0n) is 11.7. The second-order valence-electron chi connectivity index (χ2n) is 5.12. The van der Waals surface area contributed by atoms with E-state index in [0.29, 0.717) is 25.2 Å². The number of phenolic OH excluding ortho intramolecular Hbond substituents is 1. The number of piperidine rings is 1. The number of aromatic hydroxyl groups is 1. The number of benzene rings is 1. The standard InChI is InChI=1S/C15H21NO4/c1-2-20-14-9-11(3-4-13(14)17)10-16-7-5-12(6-8-16)15(18)19/h3-4,9,12,17H,2,5-8,10H2,1H3,(H,18,19). The molecule has 0 spiro atoms. The van der Waals surface area contributed by atoms with Gasteiger partial charge in [-0.05, 0) is 50.6 Å². The average Bonchev–Trinajstić information content (AvgIpc) is 2.43. The van der Waals surface area contributed by atoms with Crippen LogP contribution in [0.3, 0.4) is 0 Å². The molecular formula is C15H21NO4. The summed E-state index contributed by atoms with van der Waals surface area (Å²) in [5.41, 5.74) is 1.07. The van der Waals surface area contributed by atoms with Gasteiger partial charge in [0.15, 0.2) is 11.5 Å². The summed E-state index contributed by atoms with van der Waals surface area (Å²) in [4.78, 5) is 13.1. The zero-order chi connectivity index (χ0) is 14.5. The average molecular weight is 279 g/mol. The van der Waals surface area contributed by atoms with Crippen molar-refractivity contribution >= 4 is 5.97 Å². The van der Waals surface area contributed by atoms with Crippen LogP contribution in [0.2, 0.25) is 0 Å². The lowest BCUT2D eigenvalue weighted by Gasteiger charge is -2.30. The Morgan fingerprint density at radius 3 is 2.70 bits per heavy atom. The van der Waals surface area contributed by atoms with Gasteiger partial charge in [0.05, 0.1) is 12.5 Å². The van der Waals surface area contributed by atoms with Crippen molar-refractivity contribution in [3.63, 3.8) is 0 Å². The van der Waals surface area contributed by atoms with Gasteiger partial charge in [0.1, 0.15) is 0 Å². The van der Waals surface area contributed by atoms with Crippen LogP contribution >= 0.6 is 0 Å². The van der Waals surface area contributed by atoms with Crippen molar-refractivity contribution in [1.82, 2.24) is 4.90 Å². The van der Waals surface area contributed by atoms with E-state index in [1.165, 1.54) is 0 Å². The molecule has 5 nitrogen and oxygen atoms in total. The second kappa shape index (κ2) is 6.61. The van der Waals surface area contributed by atoms with Gasteiger partial charge in [-0.1, -0.05) is 6.07 Å². The molecule has 0 atom stereocenters. The Labute approximate surface area is 118 Å². The first-order chi connectivity index (χ1) is 9.60. The third-order valence-corrected chi connectivity index (χ3v) is 3.67. The normalized spacial score (nSPS) is 17.1. The van der Waals surface area contributed by atoms with E-state index in [2.05, 4.69) is 4.90 Å². The minimum Gasteiger partial charge on any atom is -0.504 e. The molecule has 0 aromatic heterocycles. The first kappa shape index (κ1) is 14.7. The molecule has 1 aliphatic rings. The summed E-state index contributed by atoms with van der Waals surface area (Å²) in [6.07, 6.45) is 1.40. The molecule has 5 heteroatoms. The highest BCUT2D eigenvalue weighted by Gasteiger charge is 2.24. The monoisotopic (exact) mass is 279 g/mol. The lowest BCUT2D eigenvalue weighted by atomic mass is 9.97. The summed E-state index contributed by atoms with van der Waals surface area (Å²) in [6, 6.07) is 5.37. The maximum Gasteiger partial charge on any atom is 0.306 e. The largest absolute Gasteiger partial charge is 0.504 e. The van der Waals surface area contributed by atoms with Crippen LogP contribution in [0.1, 0.15) is 25.3 Å². The molecule has 1 saturated heterocycles. The summed E-state index contributed by atoms with van der Waals surface area (Å²) < 4.78 is 5.37. The first-order valence-corrected chi connectivity index (χ1v) is 7.00. The van der Waals surface area contributed by atoms with E-state index in [1.54, 1.807) is 6.07 Å². The molecular weight excluding hydrogens is 258 g/mol. The number of carboxylic acids is 1. The summed E-state index contributed by atoms with van der Waals surface area (Å²) in [5, 5.41) is 18.6. The molecule has 0 bridgehead atoms. The predicted octanol–water partition coefficient (Wildman–Crippen LogP) is 2.09. The third-order valence-electron chi connectivity index (χ3n) is 3.67. The van der Waals surface area contributed by atoms with Crippen LogP contribution in [0.4, 0.5) is 0 Å². The van der Waals surface area contributed by atoms with Crippen molar-refractivity contribution in [2.45, 2.75) is 26.3 Å². The predicted molar refractivity (Wildman–Crippen MR) is 74.9 cm³/mol. The molecule has 0 radical (unpaired) electrons. The van der Waals surface area contributed by atoms with Crippen LogP contribution in [-0.2, 0) is 11.3 Å². The van der Waals surface area contributed by atoms with Crippen molar-refractivity contribution in [2.75, 3.05) is 19.7 Å². The fraction of sp³-hybridized carbons (Fsp3) is 0.533. The minimum atomic E-state index is -0.687. The summed E-state index contributed by atoms with van der Waals surface area (Å²) in [6.45, 7) is 4.74. The SMILES string of the molecule is CCOc1cc(CN2CCC(C(=O)O)CC2)ccc1O. The maximum atomic E-state index is 10.9. The number of phenols is 1. The van der Waals surface area contributed by atoms with E-state index in [1.807, 2.05) is 19.1 Å². The van der Waals surface area contributed by atoms with Crippen molar-refractivity contribution in [3.05, 3.63) is 23.8 Å². The van der Waals surface area contributed by atoms with Crippen LogP contribution in [0, 0.1) is 5.92 Å². The molecule has 1 aromatic rings. The Bertz CT molecular complexity index is 467. The molecule has 0 amide bonds. The highest BCUT2D eigenvalue weighted by Crippen LogP contribution is 2.28. The van der Waals surface area contributed by atoms with Gasteiger partial charge in [0.25, 0.3) is 0 Å². The lowest BCUT2D eigenvalue weighted by molar-refractivity contribution is -0.143. The van der Waals surface area contributed by atoms with Crippen LogP contribution in [-0.4, -0.2) is 40.8 Å². The molecule has 20 heavy (non-hydrogen) atoms. The Morgan fingerprint density at radius 2 is 2.10 bits per heavy atom. The van der Waals surface area contributed by atoms with E-state index in [-0.39, 0.29) is 11.7 Å².